The van der Waals surface area contributed by atoms with Crippen molar-refractivity contribution in [1.29, 1.82) is 0 Å². The van der Waals surface area contributed by atoms with Crippen LogP contribution in [-0.2, 0) is 9.59 Å². The van der Waals surface area contributed by atoms with E-state index >= 15 is 0 Å². The van der Waals surface area contributed by atoms with Crippen molar-refractivity contribution in [3.63, 3.8) is 0 Å². The molecular weight excluding hydrogens is 340 g/mol. The van der Waals surface area contributed by atoms with Crippen LogP contribution in [0.4, 0.5) is 11.4 Å². The van der Waals surface area contributed by atoms with Crippen LogP contribution in [-0.4, -0.2) is 33.6 Å². The van der Waals surface area contributed by atoms with Gasteiger partial charge in [0.25, 0.3) is 5.91 Å². The summed E-state index contributed by atoms with van der Waals surface area (Å²) in [5.41, 5.74) is 2.18. The van der Waals surface area contributed by atoms with Gasteiger partial charge in [0.1, 0.15) is 5.75 Å². The molecule has 0 aromatic heterocycles. The quantitative estimate of drug-likeness (QED) is 0.810. The van der Waals surface area contributed by atoms with E-state index in [1.165, 1.54) is 28.8 Å². The van der Waals surface area contributed by atoms with Crippen molar-refractivity contribution >= 4 is 45.8 Å². The van der Waals surface area contributed by atoms with E-state index in [0.717, 1.165) is 0 Å². The number of hydrogen-bond donors (Lipinski definition) is 2. The fourth-order valence-corrected chi connectivity index (χ4v) is 3.40. The molecule has 0 aliphatic carbocycles. The largest absolute Gasteiger partial charge is 0.508 e. The maximum atomic E-state index is 12.2. The van der Waals surface area contributed by atoms with Gasteiger partial charge in [0.2, 0.25) is 5.91 Å². The third-order valence-corrected chi connectivity index (χ3v) is 4.67. The number of para-hydroxylation sites is 1. The van der Waals surface area contributed by atoms with E-state index in [-0.39, 0.29) is 29.0 Å². The summed E-state index contributed by atoms with van der Waals surface area (Å²) in [6.07, 6.45) is 0. The van der Waals surface area contributed by atoms with E-state index in [1.807, 2.05) is 12.1 Å². The lowest BCUT2D eigenvalue weighted by atomic mass is 10.1. The van der Waals surface area contributed by atoms with Gasteiger partial charge >= 0.3 is 0 Å². The Balaban J connectivity index is 1.70. The first-order valence-corrected chi connectivity index (χ1v) is 8.43. The first-order chi connectivity index (χ1) is 12.1. The molecule has 25 heavy (non-hydrogen) atoms. The smallest absolute Gasteiger partial charge is 0.276 e. The number of nitrogens with one attached hydrogen (secondary N) is 1. The third-order valence-electron chi connectivity index (χ3n) is 3.75. The molecule has 0 saturated carbocycles. The number of hydrogen-bond acceptors (Lipinski definition) is 6. The zero-order chi connectivity index (χ0) is 17.4. The van der Waals surface area contributed by atoms with E-state index in [9.17, 15) is 14.7 Å². The third kappa shape index (κ3) is 2.76. The molecule has 2 aromatic rings. The van der Waals surface area contributed by atoms with Crippen molar-refractivity contribution in [3.05, 3.63) is 54.1 Å². The first kappa shape index (κ1) is 15.4. The highest BCUT2D eigenvalue weighted by molar-refractivity contribution is 8.15. The highest BCUT2D eigenvalue weighted by Crippen LogP contribution is 2.28. The number of amidine groups is 1. The average molecular weight is 352 g/mol. The van der Waals surface area contributed by atoms with E-state index < -0.39 is 0 Å². The Morgan fingerprint density at radius 3 is 2.60 bits per heavy atom. The molecule has 2 N–H and O–H groups in total. The molecule has 1 fully saturated rings. The Hall–Kier alpha value is -3.13. The Morgan fingerprint density at radius 1 is 1.04 bits per heavy atom. The Morgan fingerprint density at radius 2 is 1.80 bits per heavy atom. The summed E-state index contributed by atoms with van der Waals surface area (Å²) in [6.45, 7) is 0. The van der Waals surface area contributed by atoms with Crippen molar-refractivity contribution in [1.82, 2.24) is 0 Å². The molecule has 0 spiro atoms. The van der Waals surface area contributed by atoms with Crippen molar-refractivity contribution in [2.45, 2.75) is 0 Å². The minimum absolute atomic E-state index is 0.112. The van der Waals surface area contributed by atoms with Gasteiger partial charge in [-0.15, -0.1) is 10.2 Å². The fourth-order valence-electron chi connectivity index (χ4n) is 2.59. The van der Waals surface area contributed by atoms with Gasteiger partial charge in [-0.1, -0.05) is 30.0 Å². The van der Waals surface area contributed by atoms with E-state index in [0.29, 0.717) is 22.1 Å². The first-order valence-electron chi connectivity index (χ1n) is 7.44. The number of benzene rings is 2. The minimum Gasteiger partial charge on any atom is -0.508 e. The molecule has 4 rings (SSSR count). The summed E-state index contributed by atoms with van der Waals surface area (Å²) in [6, 6.07) is 13.5. The van der Waals surface area contributed by atoms with Gasteiger partial charge in [-0.25, -0.2) is 0 Å². The Labute approximate surface area is 147 Å². The molecule has 2 aromatic carbocycles. The number of rotatable bonds is 2. The van der Waals surface area contributed by atoms with Gasteiger partial charge in [0.05, 0.1) is 17.1 Å². The van der Waals surface area contributed by atoms with Gasteiger partial charge < -0.3 is 10.4 Å². The molecule has 2 amide bonds. The van der Waals surface area contributed by atoms with Crippen LogP contribution in [0, 0.1) is 0 Å². The van der Waals surface area contributed by atoms with Crippen molar-refractivity contribution < 1.29 is 14.7 Å². The molecule has 1 saturated heterocycles. The van der Waals surface area contributed by atoms with E-state index in [2.05, 4.69) is 15.5 Å². The molecule has 2 aliphatic heterocycles. The lowest BCUT2D eigenvalue weighted by Crippen LogP contribution is -2.29. The second-order valence-electron chi connectivity index (χ2n) is 5.37. The van der Waals surface area contributed by atoms with Crippen LogP contribution in [0.1, 0.15) is 5.56 Å². The van der Waals surface area contributed by atoms with Crippen LogP contribution in [0.2, 0.25) is 0 Å². The predicted molar refractivity (Wildman–Crippen MR) is 97.1 cm³/mol. The van der Waals surface area contributed by atoms with Crippen LogP contribution in [0.5, 0.6) is 5.75 Å². The lowest BCUT2D eigenvalue weighted by molar-refractivity contribution is -0.115. The molecule has 2 aliphatic rings. The van der Waals surface area contributed by atoms with Crippen LogP contribution in [0.3, 0.4) is 0 Å². The standard InChI is InChI=1S/C17H12N4O3S/c22-11-7-5-10(6-8-11)21-14(23)9-25-17(21)20-19-15-12-3-1-2-4-13(12)18-16(15)24/h1-8,22H,9H2,(H,18,19,24)/b20-17+. The SMILES string of the molecule is O=C1Nc2ccccc2/C1=N/N=C1/SCC(=O)N1c1ccc(O)cc1. The van der Waals surface area contributed by atoms with Crippen LogP contribution >= 0.6 is 11.8 Å². The molecule has 8 heteroatoms. The van der Waals surface area contributed by atoms with Crippen molar-refractivity contribution in [3.8, 4) is 5.75 Å². The van der Waals surface area contributed by atoms with Gasteiger partial charge in [-0.05, 0) is 30.3 Å². The molecule has 2 heterocycles. The lowest BCUT2D eigenvalue weighted by Gasteiger charge is -2.15. The monoisotopic (exact) mass is 352 g/mol. The zero-order valence-electron chi connectivity index (χ0n) is 12.8. The van der Waals surface area contributed by atoms with Crippen LogP contribution < -0.4 is 10.2 Å². The number of phenolic OH excluding ortho intramolecular Hbond substituents is 1. The number of carbonyl (C=O) groups is 2. The number of thioether (sulfide) groups is 1. The van der Waals surface area contributed by atoms with Crippen LogP contribution in [0.15, 0.2) is 58.7 Å². The average Bonchev–Trinajstić information content (AvgIpc) is 3.13. The maximum Gasteiger partial charge on any atom is 0.276 e. The molecule has 7 nitrogen and oxygen atoms in total. The maximum absolute atomic E-state index is 12.2. The number of anilines is 2. The Bertz CT molecular complexity index is 937. The topological polar surface area (TPSA) is 94.4 Å². The number of phenols is 1. The Kier molecular flexibility index (Phi) is 3.73. The summed E-state index contributed by atoms with van der Waals surface area (Å²) in [5, 5.41) is 20.7. The predicted octanol–water partition coefficient (Wildman–Crippen LogP) is 2.18. The highest BCUT2D eigenvalue weighted by atomic mass is 32.2. The summed E-state index contributed by atoms with van der Waals surface area (Å²) in [7, 11) is 0. The minimum atomic E-state index is -0.323. The van der Waals surface area contributed by atoms with E-state index in [1.54, 1.807) is 24.3 Å². The number of amides is 2. The molecular formula is C17H12N4O3S. The summed E-state index contributed by atoms with van der Waals surface area (Å²) < 4.78 is 0. The summed E-state index contributed by atoms with van der Waals surface area (Å²) in [4.78, 5) is 25.6. The molecule has 0 radical (unpaired) electrons. The zero-order valence-corrected chi connectivity index (χ0v) is 13.7. The van der Waals surface area contributed by atoms with Gasteiger partial charge in [-0.2, -0.15) is 0 Å². The van der Waals surface area contributed by atoms with Gasteiger partial charge in [-0.3, -0.25) is 14.5 Å². The molecule has 124 valence electrons. The number of nitrogens with zero attached hydrogens (tertiary/aromatic N) is 3. The number of carbonyl (C=O) groups excluding carboxylic acids is 2. The number of aromatic hydroxyl groups is 1. The van der Waals surface area contributed by atoms with Gasteiger partial charge in [0.15, 0.2) is 10.9 Å². The van der Waals surface area contributed by atoms with Crippen molar-refractivity contribution in [2.75, 3.05) is 16.0 Å². The number of fused-ring (bicyclic) bond motifs is 1. The summed E-state index contributed by atoms with van der Waals surface area (Å²) >= 11 is 1.25. The summed E-state index contributed by atoms with van der Waals surface area (Å²) in [5.74, 6) is -0.101. The molecule has 0 unspecified atom stereocenters. The normalized spacial score (nSPS) is 19.6. The van der Waals surface area contributed by atoms with E-state index in [4.69, 9.17) is 0 Å². The van der Waals surface area contributed by atoms with Gasteiger partial charge in [0, 0.05) is 5.56 Å². The fraction of sp³-hybridized carbons (Fsp3) is 0.0588. The molecule has 0 bridgehead atoms. The van der Waals surface area contributed by atoms with Crippen molar-refractivity contribution in [2.24, 2.45) is 10.2 Å². The highest BCUT2D eigenvalue weighted by Gasteiger charge is 2.31. The second kappa shape index (κ2) is 6.06. The van der Waals surface area contributed by atoms with Crippen LogP contribution in [0.25, 0.3) is 0 Å². The second-order valence-corrected chi connectivity index (χ2v) is 6.31. The molecule has 0 atom stereocenters.